The van der Waals surface area contributed by atoms with E-state index in [2.05, 4.69) is 27.2 Å². The molecule has 2 aliphatic heterocycles. The SMILES string of the molecule is C=CC(=O)C[C@H]1CCOC[C@H]1Nc1ncc2cc(-c3c(F)c(OC)cc(OC)c3F)nc(NC3CCOC3)c2n1. The molecule has 12 heteroatoms. The normalized spacial score (nSPS) is 20.8. The van der Waals surface area contributed by atoms with Gasteiger partial charge in [0.15, 0.2) is 34.7 Å². The monoisotopic (exact) mass is 555 g/mol. The van der Waals surface area contributed by atoms with Crippen LogP contribution in [0.2, 0.25) is 0 Å². The first-order valence-corrected chi connectivity index (χ1v) is 13.0. The molecular weight excluding hydrogens is 524 g/mol. The lowest BCUT2D eigenvalue weighted by atomic mass is 9.90. The van der Waals surface area contributed by atoms with Crippen LogP contribution in [0.4, 0.5) is 20.5 Å². The number of anilines is 2. The zero-order valence-corrected chi connectivity index (χ0v) is 22.3. The highest BCUT2D eigenvalue weighted by Gasteiger charge is 2.29. The third kappa shape index (κ3) is 5.68. The highest BCUT2D eigenvalue weighted by atomic mass is 19.1. The number of aromatic nitrogens is 3. The van der Waals surface area contributed by atoms with E-state index in [9.17, 15) is 4.79 Å². The Morgan fingerprint density at radius 2 is 1.80 bits per heavy atom. The number of ether oxygens (including phenoxy) is 4. The Hall–Kier alpha value is -3.90. The van der Waals surface area contributed by atoms with Gasteiger partial charge in [-0.1, -0.05) is 6.58 Å². The van der Waals surface area contributed by atoms with E-state index in [1.807, 2.05) is 0 Å². The molecule has 0 bridgehead atoms. The van der Waals surface area contributed by atoms with Crippen LogP contribution in [0.1, 0.15) is 19.3 Å². The molecule has 1 aromatic carbocycles. The summed E-state index contributed by atoms with van der Waals surface area (Å²) in [6.07, 6.45) is 4.69. The molecule has 2 aromatic heterocycles. The van der Waals surface area contributed by atoms with E-state index in [0.29, 0.717) is 61.9 Å². The van der Waals surface area contributed by atoms with E-state index in [0.717, 1.165) is 12.5 Å². The summed E-state index contributed by atoms with van der Waals surface area (Å²) in [5.74, 6) is -1.52. The Morgan fingerprint density at radius 1 is 1.07 bits per heavy atom. The molecule has 5 rings (SSSR count). The van der Waals surface area contributed by atoms with Crippen LogP contribution < -0.4 is 20.1 Å². The molecule has 2 N–H and O–H groups in total. The van der Waals surface area contributed by atoms with Crippen molar-refractivity contribution in [3.05, 3.63) is 42.6 Å². The third-order valence-electron chi connectivity index (χ3n) is 7.17. The fraction of sp³-hybridized carbons (Fsp3) is 0.429. The molecule has 2 fully saturated rings. The van der Waals surface area contributed by atoms with Gasteiger partial charge in [0.05, 0.1) is 50.8 Å². The van der Waals surface area contributed by atoms with E-state index in [1.54, 1.807) is 6.20 Å². The molecule has 212 valence electrons. The van der Waals surface area contributed by atoms with Crippen molar-refractivity contribution in [3.8, 4) is 22.8 Å². The minimum Gasteiger partial charge on any atom is -0.494 e. The summed E-state index contributed by atoms with van der Waals surface area (Å²) in [4.78, 5) is 25.8. The average Bonchev–Trinajstić information content (AvgIpc) is 3.47. The quantitative estimate of drug-likeness (QED) is 0.354. The summed E-state index contributed by atoms with van der Waals surface area (Å²) in [6, 6.07) is 2.42. The van der Waals surface area contributed by atoms with Gasteiger partial charge in [0.25, 0.3) is 0 Å². The van der Waals surface area contributed by atoms with Crippen molar-refractivity contribution in [2.24, 2.45) is 5.92 Å². The van der Waals surface area contributed by atoms with Gasteiger partial charge in [-0.25, -0.2) is 23.7 Å². The molecule has 2 aliphatic rings. The first-order chi connectivity index (χ1) is 19.4. The first kappa shape index (κ1) is 27.7. The number of halogens is 2. The van der Waals surface area contributed by atoms with Gasteiger partial charge in [0.2, 0.25) is 5.95 Å². The number of nitrogens with zero attached hydrogens (tertiary/aromatic N) is 3. The van der Waals surface area contributed by atoms with E-state index in [4.69, 9.17) is 23.9 Å². The lowest BCUT2D eigenvalue weighted by Gasteiger charge is -2.31. The fourth-order valence-corrected chi connectivity index (χ4v) is 4.98. The number of allylic oxidation sites excluding steroid dienone is 1. The highest BCUT2D eigenvalue weighted by Crippen LogP contribution is 2.39. The van der Waals surface area contributed by atoms with Gasteiger partial charge in [-0.15, -0.1) is 0 Å². The number of carbonyl (C=O) groups excluding carboxylic acids is 1. The molecule has 3 atom stereocenters. The second-order valence-electron chi connectivity index (χ2n) is 9.73. The molecule has 0 spiro atoms. The minimum absolute atomic E-state index is 0.0223. The lowest BCUT2D eigenvalue weighted by molar-refractivity contribution is -0.116. The Morgan fingerprint density at radius 3 is 2.48 bits per heavy atom. The van der Waals surface area contributed by atoms with Crippen LogP contribution >= 0.6 is 0 Å². The fourth-order valence-electron chi connectivity index (χ4n) is 4.98. The molecule has 4 heterocycles. The van der Waals surface area contributed by atoms with Crippen molar-refractivity contribution in [2.45, 2.75) is 31.3 Å². The molecule has 1 unspecified atom stereocenters. The Balaban J connectivity index is 1.56. The number of benzene rings is 1. The largest absolute Gasteiger partial charge is 0.494 e. The number of methoxy groups -OCH3 is 2. The number of hydrogen-bond acceptors (Lipinski definition) is 10. The molecule has 10 nitrogen and oxygen atoms in total. The molecule has 0 radical (unpaired) electrons. The molecule has 0 aliphatic carbocycles. The van der Waals surface area contributed by atoms with E-state index in [-0.39, 0.29) is 46.5 Å². The summed E-state index contributed by atoms with van der Waals surface area (Å²) < 4.78 is 52.1. The van der Waals surface area contributed by atoms with E-state index in [1.165, 1.54) is 26.4 Å². The van der Waals surface area contributed by atoms with Crippen molar-refractivity contribution in [2.75, 3.05) is 51.3 Å². The molecule has 2 saturated heterocycles. The molecule has 40 heavy (non-hydrogen) atoms. The third-order valence-corrected chi connectivity index (χ3v) is 7.17. The maximum atomic E-state index is 15.4. The number of carbonyl (C=O) groups is 1. The smallest absolute Gasteiger partial charge is 0.223 e. The van der Waals surface area contributed by atoms with Crippen LogP contribution in [0, 0.1) is 17.6 Å². The van der Waals surface area contributed by atoms with Crippen LogP contribution in [0.5, 0.6) is 11.5 Å². The van der Waals surface area contributed by atoms with Crippen LogP contribution in [0.3, 0.4) is 0 Å². The maximum Gasteiger partial charge on any atom is 0.223 e. The lowest BCUT2D eigenvalue weighted by Crippen LogP contribution is -2.40. The number of rotatable bonds is 10. The Labute approximate surface area is 230 Å². The Bertz CT molecular complexity index is 1390. The summed E-state index contributed by atoms with van der Waals surface area (Å²) >= 11 is 0. The number of hydrogen-bond donors (Lipinski definition) is 2. The van der Waals surface area contributed by atoms with Crippen LogP contribution in [-0.2, 0) is 14.3 Å². The van der Waals surface area contributed by atoms with Crippen molar-refractivity contribution < 1.29 is 32.5 Å². The van der Waals surface area contributed by atoms with Gasteiger partial charge in [0.1, 0.15) is 5.52 Å². The van der Waals surface area contributed by atoms with Crippen LogP contribution in [-0.4, -0.2) is 73.5 Å². The number of pyridine rings is 1. The molecule has 0 saturated carbocycles. The predicted octanol–water partition coefficient (Wildman–Crippen LogP) is 4.15. The molecule has 0 amide bonds. The van der Waals surface area contributed by atoms with Crippen LogP contribution in [0.15, 0.2) is 31.0 Å². The Kier molecular flexibility index (Phi) is 8.36. The van der Waals surface area contributed by atoms with Crippen LogP contribution in [0.25, 0.3) is 22.2 Å². The van der Waals surface area contributed by atoms with Gasteiger partial charge in [-0.3, -0.25) is 4.79 Å². The molecule has 3 aromatic rings. The number of ketones is 1. The van der Waals surface area contributed by atoms with Crippen molar-refractivity contribution in [1.29, 1.82) is 0 Å². The van der Waals surface area contributed by atoms with Crippen molar-refractivity contribution in [3.63, 3.8) is 0 Å². The number of fused-ring (bicyclic) bond motifs is 1. The standard InChI is InChI=1S/C28H31F2N5O5/c1-4-18(36)9-15-5-7-40-14-20(15)34-28-31-12-16-10-19(23-24(29)21(37-2)11-22(38-3)25(23)30)33-27(26(16)35-28)32-17-6-8-39-13-17/h4,10-12,15,17,20H,1,5-9,13-14H2,2-3H3,(H,32,33)(H,31,34,35)/t15-,17?,20-/m1/s1. The van der Waals surface area contributed by atoms with Crippen molar-refractivity contribution in [1.82, 2.24) is 15.0 Å². The first-order valence-electron chi connectivity index (χ1n) is 13.0. The summed E-state index contributed by atoms with van der Waals surface area (Å²) in [5.41, 5.74) is 0.0912. The summed E-state index contributed by atoms with van der Waals surface area (Å²) in [6.45, 7) is 5.57. The highest BCUT2D eigenvalue weighted by molar-refractivity contribution is 5.92. The van der Waals surface area contributed by atoms with Gasteiger partial charge < -0.3 is 29.6 Å². The maximum absolute atomic E-state index is 15.4. The topological polar surface area (TPSA) is 117 Å². The van der Waals surface area contributed by atoms with E-state index >= 15 is 8.78 Å². The van der Waals surface area contributed by atoms with Gasteiger partial charge in [-0.05, 0) is 30.9 Å². The zero-order valence-electron chi connectivity index (χ0n) is 22.3. The predicted molar refractivity (Wildman–Crippen MR) is 145 cm³/mol. The van der Waals surface area contributed by atoms with Crippen molar-refractivity contribution >= 4 is 28.5 Å². The summed E-state index contributed by atoms with van der Waals surface area (Å²) in [5, 5.41) is 7.13. The minimum atomic E-state index is -0.903. The van der Waals surface area contributed by atoms with Gasteiger partial charge >= 0.3 is 0 Å². The average molecular weight is 556 g/mol. The second kappa shape index (κ2) is 12.1. The molecular formula is C28H31F2N5O5. The van der Waals surface area contributed by atoms with E-state index < -0.39 is 11.6 Å². The second-order valence-corrected chi connectivity index (χ2v) is 9.73. The zero-order chi connectivity index (χ0) is 28.2. The number of nitrogens with one attached hydrogen (secondary N) is 2. The summed E-state index contributed by atoms with van der Waals surface area (Å²) in [7, 11) is 2.58. The van der Waals surface area contributed by atoms with Gasteiger partial charge in [0, 0.05) is 37.3 Å². The van der Waals surface area contributed by atoms with Gasteiger partial charge in [-0.2, -0.15) is 0 Å².